The summed E-state index contributed by atoms with van der Waals surface area (Å²) in [5.74, 6) is 0.378. The number of benzene rings is 5. The van der Waals surface area contributed by atoms with Gasteiger partial charge < -0.3 is 5.11 Å². The predicted molar refractivity (Wildman–Crippen MR) is 89.2 cm³/mol. The number of rotatable bonds is 0. The van der Waals surface area contributed by atoms with Crippen LogP contribution in [0.1, 0.15) is 0 Å². The first-order valence-corrected chi connectivity index (χ1v) is 7.19. The van der Waals surface area contributed by atoms with Crippen molar-refractivity contribution >= 4 is 53.9 Å². The van der Waals surface area contributed by atoms with Crippen molar-refractivity contribution in [1.82, 2.24) is 0 Å². The molecule has 0 fully saturated rings. The van der Waals surface area contributed by atoms with E-state index in [2.05, 4.69) is 42.5 Å². The molecule has 0 aliphatic rings. The first-order chi connectivity index (χ1) is 10.3. The molecule has 0 aliphatic carbocycles. The molecular formula is C20H10O. The summed E-state index contributed by atoms with van der Waals surface area (Å²) in [5, 5.41) is 22.8. The van der Waals surface area contributed by atoms with Gasteiger partial charge in [-0.25, -0.2) is 0 Å². The van der Waals surface area contributed by atoms with Gasteiger partial charge in [-0.1, -0.05) is 48.5 Å². The highest BCUT2D eigenvalue weighted by atomic mass is 16.3. The first kappa shape index (κ1) is 10.0. The Kier molecular flexibility index (Phi) is 1.40. The molecule has 0 spiro atoms. The quantitative estimate of drug-likeness (QED) is 0.361. The van der Waals surface area contributed by atoms with Crippen LogP contribution in [-0.4, -0.2) is 5.11 Å². The highest BCUT2D eigenvalue weighted by molar-refractivity contribution is 6.44. The van der Waals surface area contributed by atoms with Crippen molar-refractivity contribution in [2.75, 3.05) is 0 Å². The maximum Gasteiger partial charge on any atom is 0.124 e. The second-order valence-electron chi connectivity index (χ2n) is 5.97. The third-order valence-electron chi connectivity index (χ3n) is 5.00. The summed E-state index contributed by atoms with van der Waals surface area (Å²) in [6.07, 6.45) is 0. The Hall–Kier alpha value is -2.80. The molecule has 21 heavy (non-hydrogen) atoms. The van der Waals surface area contributed by atoms with Gasteiger partial charge in [-0.05, 0) is 49.2 Å². The van der Waals surface area contributed by atoms with Crippen molar-refractivity contribution in [2.24, 2.45) is 0 Å². The summed E-state index contributed by atoms with van der Waals surface area (Å²) in [6, 6.07) is 19.1. The van der Waals surface area contributed by atoms with Crippen LogP contribution in [0.15, 0.2) is 54.6 Å². The zero-order valence-electron chi connectivity index (χ0n) is 11.1. The SMILES string of the molecule is Oc1cc2ccc3ccc4ccc5ccc1c1c5c4c3c21. The van der Waals surface area contributed by atoms with Gasteiger partial charge in [0.05, 0.1) is 0 Å². The van der Waals surface area contributed by atoms with Gasteiger partial charge in [-0.2, -0.15) is 0 Å². The van der Waals surface area contributed by atoms with Gasteiger partial charge in [-0.15, -0.1) is 0 Å². The largest absolute Gasteiger partial charge is 0.507 e. The van der Waals surface area contributed by atoms with Crippen LogP contribution in [0, 0.1) is 0 Å². The van der Waals surface area contributed by atoms with Gasteiger partial charge in [0.2, 0.25) is 0 Å². The maximum atomic E-state index is 10.4. The molecule has 0 heterocycles. The maximum absolute atomic E-state index is 10.4. The van der Waals surface area contributed by atoms with Gasteiger partial charge in [0, 0.05) is 10.8 Å². The van der Waals surface area contributed by atoms with Crippen LogP contribution in [0.25, 0.3) is 53.9 Å². The summed E-state index contributed by atoms with van der Waals surface area (Å²) >= 11 is 0. The van der Waals surface area contributed by atoms with Crippen LogP contribution in [0.4, 0.5) is 0 Å². The lowest BCUT2D eigenvalue weighted by molar-refractivity contribution is 0.482. The molecule has 1 N–H and O–H groups in total. The number of aromatic hydroxyl groups is 1. The van der Waals surface area contributed by atoms with E-state index in [1.54, 1.807) is 0 Å². The third kappa shape index (κ3) is 0.935. The average Bonchev–Trinajstić information content (AvgIpc) is 2.88. The Labute approximate surface area is 120 Å². The van der Waals surface area contributed by atoms with Crippen LogP contribution >= 0.6 is 0 Å². The fraction of sp³-hybridized carbons (Fsp3) is 0. The van der Waals surface area contributed by atoms with Crippen molar-refractivity contribution in [2.45, 2.75) is 0 Å². The second-order valence-corrected chi connectivity index (χ2v) is 5.97. The smallest absolute Gasteiger partial charge is 0.124 e. The summed E-state index contributed by atoms with van der Waals surface area (Å²) in [6.45, 7) is 0. The number of phenolic OH excluding ortho intramolecular Hbond substituents is 1. The normalized spacial score (nSPS) is 13.0. The molecule has 0 atom stereocenters. The monoisotopic (exact) mass is 266 g/mol. The molecule has 0 saturated heterocycles. The van der Waals surface area contributed by atoms with Crippen LogP contribution in [-0.2, 0) is 0 Å². The van der Waals surface area contributed by atoms with Gasteiger partial charge in [0.15, 0.2) is 0 Å². The van der Waals surface area contributed by atoms with Gasteiger partial charge in [0.25, 0.3) is 0 Å². The van der Waals surface area contributed by atoms with E-state index in [1.807, 2.05) is 12.1 Å². The summed E-state index contributed by atoms with van der Waals surface area (Å²) in [7, 11) is 0. The van der Waals surface area contributed by atoms with E-state index in [0.717, 1.165) is 10.8 Å². The topological polar surface area (TPSA) is 20.2 Å². The van der Waals surface area contributed by atoms with E-state index in [0.29, 0.717) is 5.75 Å². The average molecular weight is 266 g/mol. The molecule has 6 aromatic carbocycles. The number of phenols is 1. The molecule has 0 bridgehead atoms. The Morgan fingerprint density at radius 2 is 0.905 bits per heavy atom. The van der Waals surface area contributed by atoms with Crippen molar-refractivity contribution in [1.29, 1.82) is 0 Å². The van der Waals surface area contributed by atoms with Crippen LogP contribution < -0.4 is 0 Å². The molecule has 6 aromatic rings. The molecule has 0 amide bonds. The zero-order valence-corrected chi connectivity index (χ0v) is 11.1. The Morgan fingerprint density at radius 1 is 0.476 bits per heavy atom. The van der Waals surface area contributed by atoms with Crippen molar-refractivity contribution < 1.29 is 5.11 Å². The summed E-state index contributed by atoms with van der Waals surface area (Å²) < 4.78 is 0. The molecule has 0 aliphatic heterocycles. The zero-order chi connectivity index (χ0) is 13.7. The lowest BCUT2D eigenvalue weighted by Crippen LogP contribution is -1.78. The first-order valence-electron chi connectivity index (χ1n) is 7.19. The van der Waals surface area contributed by atoms with Crippen LogP contribution in [0.2, 0.25) is 0 Å². The fourth-order valence-electron chi connectivity index (χ4n) is 4.15. The van der Waals surface area contributed by atoms with Crippen LogP contribution in [0.5, 0.6) is 5.75 Å². The number of hydrogen-bond donors (Lipinski definition) is 1. The molecule has 0 aromatic heterocycles. The fourth-order valence-corrected chi connectivity index (χ4v) is 4.15. The van der Waals surface area contributed by atoms with Crippen molar-refractivity contribution in [3.8, 4) is 5.75 Å². The van der Waals surface area contributed by atoms with E-state index in [1.165, 1.54) is 43.1 Å². The third-order valence-corrected chi connectivity index (χ3v) is 5.00. The summed E-state index contributed by atoms with van der Waals surface area (Å²) in [4.78, 5) is 0. The van der Waals surface area contributed by atoms with Gasteiger partial charge >= 0.3 is 0 Å². The van der Waals surface area contributed by atoms with Crippen LogP contribution in [0.3, 0.4) is 0 Å². The molecular weight excluding hydrogens is 256 g/mol. The van der Waals surface area contributed by atoms with E-state index in [9.17, 15) is 5.11 Å². The molecule has 0 saturated carbocycles. The van der Waals surface area contributed by atoms with Gasteiger partial charge in [0.1, 0.15) is 5.75 Å². The molecule has 96 valence electrons. The second kappa shape index (κ2) is 2.94. The predicted octanol–water partition coefficient (Wildman–Crippen LogP) is 5.47. The Balaban J connectivity index is 2.25. The molecule has 6 rings (SSSR count). The van der Waals surface area contributed by atoms with E-state index in [-0.39, 0.29) is 0 Å². The minimum Gasteiger partial charge on any atom is -0.507 e. The Bertz CT molecular complexity index is 1240. The lowest BCUT2D eigenvalue weighted by Gasteiger charge is -2.06. The van der Waals surface area contributed by atoms with Gasteiger partial charge in [-0.3, -0.25) is 0 Å². The minimum atomic E-state index is 0.378. The summed E-state index contributed by atoms with van der Waals surface area (Å²) in [5.41, 5.74) is 0. The van der Waals surface area contributed by atoms with Crippen molar-refractivity contribution in [3.05, 3.63) is 54.6 Å². The highest BCUT2D eigenvalue weighted by Gasteiger charge is 2.20. The standard InChI is InChI=1S/C20H10O/c21-15-9-13-6-5-11-2-1-10-3-4-12-7-8-14(15)20-18(12)16(10)17(11)19(13)20/h1-9,21H. The lowest BCUT2D eigenvalue weighted by atomic mass is 9.99. The minimum absolute atomic E-state index is 0.378. The van der Waals surface area contributed by atoms with Crippen molar-refractivity contribution in [3.63, 3.8) is 0 Å². The van der Waals surface area contributed by atoms with E-state index >= 15 is 0 Å². The number of hydrogen-bond acceptors (Lipinski definition) is 1. The highest BCUT2D eigenvalue weighted by Crippen LogP contribution is 2.49. The molecule has 1 heteroatoms. The molecule has 0 unspecified atom stereocenters. The molecule has 1 nitrogen and oxygen atoms in total. The Morgan fingerprint density at radius 3 is 1.52 bits per heavy atom. The van der Waals surface area contributed by atoms with E-state index < -0.39 is 0 Å². The van der Waals surface area contributed by atoms with E-state index in [4.69, 9.17) is 0 Å². The molecule has 0 radical (unpaired) electrons.